The molecule has 1 unspecified atom stereocenters. The largest absolute Gasteiger partial charge is 0.334 e. The van der Waals surface area contributed by atoms with Crippen molar-refractivity contribution in [1.29, 1.82) is 0 Å². The van der Waals surface area contributed by atoms with Gasteiger partial charge in [0.25, 0.3) is 0 Å². The second-order valence-electron chi connectivity index (χ2n) is 3.74. The number of nitrogens with zero attached hydrogens (tertiary/aromatic N) is 1. The Kier molecular flexibility index (Phi) is 4.13. The van der Waals surface area contributed by atoms with Crippen LogP contribution in [0.25, 0.3) is 0 Å². The van der Waals surface area contributed by atoms with E-state index in [0.717, 1.165) is 28.1 Å². The van der Waals surface area contributed by atoms with Crippen LogP contribution in [0, 0.1) is 0 Å². The molecule has 0 amide bonds. The second kappa shape index (κ2) is 5.60. The lowest BCUT2D eigenvalue weighted by Crippen LogP contribution is -2.19. The third-order valence-corrected chi connectivity index (χ3v) is 3.83. The van der Waals surface area contributed by atoms with Crippen molar-refractivity contribution in [3.8, 4) is 0 Å². The molecule has 86 valence electrons. The molecular weight excluding hydrogens is 240 g/mol. The molecule has 0 radical (unpaired) electrons. The highest BCUT2D eigenvalue weighted by atomic mass is 35.5. The van der Waals surface area contributed by atoms with Crippen LogP contribution < -0.4 is 5.32 Å². The van der Waals surface area contributed by atoms with Crippen molar-refractivity contribution >= 4 is 34.2 Å². The zero-order valence-corrected chi connectivity index (χ0v) is 10.8. The number of nitrogens with one attached hydrogen (secondary N) is 1. The van der Waals surface area contributed by atoms with Crippen molar-refractivity contribution in [3.05, 3.63) is 29.3 Å². The summed E-state index contributed by atoms with van der Waals surface area (Å²) >= 11 is 7.85. The molecule has 0 aliphatic carbocycles. The van der Waals surface area contributed by atoms with Crippen molar-refractivity contribution in [2.75, 3.05) is 11.1 Å². The van der Waals surface area contributed by atoms with Gasteiger partial charge in [-0.05, 0) is 25.0 Å². The fourth-order valence-electron chi connectivity index (χ4n) is 1.60. The molecule has 0 bridgehead atoms. The van der Waals surface area contributed by atoms with Crippen LogP contribution >= 0.6 is 23.4 Å². The van der Waals surface area contributed by atoms with Gasteiger partial charge in [0, 0.05) is 5.75 Å². The Morgan fingerprint density at radius 1 is 1.50 bits per heavy atom. The van der Waals surface area contributed by atoms with E-state index in [1.165, 1.54) is 6.42 Å². The second-order valence-corrected chi connectivity index (χ2v) is 5.23. The lowest BCUT2D eigenvalue weighted by molar-refractivity contribution is 0.634. The van der Waals surface area contributed by atoms with Crippen LogP contribution in [0.15, 0.2) is 29.3 Å². The average molecular weight is 255 g/mol. The van der Waals surface area contributed by atoms with Gasteiger partial charge in [-0.2, -0.15) is 0 Å². The first-order chi connectivity index (χ1) is 7.79. The van der Waals surface area contributed by atoms with Crippen LogP contribution in [0.2, 0.25) is 5.02 Å². The third-order valence-electron chi connectivity index (χ3n) is 2.58. The number of rotatable bonds is 2. The number of para-hydroxylation sites is 1. The van der Waals surface area contributed by atoms with Crippen molar-refractivity contribution in [3.63, 3.8) is 0 Å². The first-order valence-electron chi connectivity index (χ1n) is 5.51. The van der Waals surface area contributed by atoms with Gasteiger partial charge in [0.1, 0.15) is 0 Å². The topological polar surface area (TPSA) is 24.4 Å². The van der Waals surface area contributed by atoms with Gasteiger partial charge in [-0.1, -0.05) is 42.4 Å². The zero-order valence-electron chi connectivity index (χ0n) is 9.24. The van der Waals surface area contributed by atoms with E-state index in [1.54, 1.807) is 11.8 Å². The standard InChI is InChI=1S/C12H15ClN2S/c1-2-9-7-8-16-12(14-9)15-11-6-4-3-5-10(11)13/h3-6,9H,2,7-8H2,1H3,(H,14,15). The molecule has 0 aromatic heterocycles. The molecular formula is C12H15ClN2S. The number of benzene rings is 1. The van der Waals surface area contributed by atoms with E-state index in [1.807, 2.05) is 24.3 Å². The Labute approximate surface area is 105 Å². The fourth-order valence-corrected chi connectivity index (χ4v) is 2.77. The lowest BCUT2D eigenvalue weighted by Gasteiger charge is -2.19. The average Bonchev–Trinajstić information content (AvgIpc) is 2.32. The number of hydrogen-bond acceptors (Lipinski definition) is 3. The summed E-state index contributed by atoms with van der Waals surface area (Å²) in [6.07, 6.45) is 2.28. The summed E-state index contributed by atoms with van der Waals surface area (Å²) in [7, 11) is 0. The van der Waals surface area contributed by atoms with Gasteiger partial charge in [-0.25, -0.2) is 0 Å². The van der Waals surface area contributed by atoms with Gasteiger partial charge < -0.3 is 5.32 Å². The van der Waals surface area contributed by atoms with E-state index < -0.39 is 0 Å². The van der Waals surface area contributed by atoms with Gasteiger partial charge in [0.05, 0.1) is 16.8 Å². The quantitative estimate of drug-likeness (QED) is 0.862. The maximum absolute atomic E-state index is 6.09. The summed E-state index contributed by atoms with van der Waals surface area (Å²) in [5, 5.41) is 5.03. The molecule has 2 rings (SSSR count). The number of aliphatic imine (C=N–C) groups is 1. The molecule has 1 N–H and O–H groups in total. The van der Waals surface area contributed by atoms with Crippen LogP contribution in [0.3, 0.4) is 0 Å². The van der Waals surface area contributed by atoms with Gasteiger partial charge in [-0.15, -0.1) is 0 Å². The van der Waals surface area contributed by atoms with Crippen molar-refractivity contribution in [1.82, 2.24) is 0 Å². The number of hydrogen-bond donors (Lipinski definition) is 1. The summed E-state index contributed by atoms with van der Waals surface area (Å²) in [5.41, 5.74) is 0.937. The number of thioether (sulfide) groups is 1. The maximum Gasteiger partial charge on any atom is 0.161 e. The van der Waals surface area contributed by atoms with E-state index in [0.29, 0.717) is 6.04 Å². The van der Waals surface area contributed by atoms with Crippen LogP contribution in [0.5, 0.6) is 0 Å². The Balaban J connectivity index is 2.10. The third kappa shape index (κ3) is 2.92. The van der Waals surface area contributed by atoms with Crippen molar-refractivity contribution in [2.24, 2.45) is 4.99 Å². The van der Waals surface area contributed by atoms with Crippen LogP contribution in [0.4, 0.5) is 5.69 Å². The highest BCUT2D eigenvalue weighted by Gasteiger charge is 2.14. The van der Waals surface area contributed by atoms with Gasteiger partial charge in [-0.3, -0.25) is 4.99 Å². The first-order valence-corrected chi connectivity index (χ1v) is 6.88. The zero-order chi connectivity index (χ0) is 11.4. The number of anilines is 1. The molecule has 1 atom stereocenters. The van der Waals surface area contributed by atoms with Gasteiger partial charge in [0.15, 0.2) is 5.17 Å². The lowest BCUT2D eigenvalue weighted by atomic mass is 10.2. The van der Waals surface area contributed by atoms with Crippen molar-refractivity contribution in [2.45, 2.75) is 25.8 Å². The molecule has 1 aliphatic rings. The molecule has 2 nitrogen and oxygen atoms in total. The molecule has 0 saturated heterocycles. The Bertz CT molecular complexity index is 392. The monoisotopic (exact) mass is 254 g/mol. The molecule has 1 aliphatic heterocycles. The summed E-state index contributed by atoms with van der Waals surface area (Å²) < 4.78 is 0. The Morgan fingerprint density at radius 3 is 3.06 bits per heavy atom. The predicted octanol–water partition coefficient (Wildman–Crippen LogP) is 4.02. The highest BCUT2D eigenvalue weighted by molar-refractivity contribution is 8.14. The molecule has 16 heavy (non-hydrogen) atoms. The van der Waals surface area contributed by atoms with E-state index in [2.05, 4.69) is 17.2 Å². The SMILES string of the molecule is CCC1CCSC(Nc2ccccc2Cl)=N1. The molecule has 0 fully saturated rings. The van der Waals surface area contributed by atoms with E-state index in [4.69, 9.17) is 11.6 Å². The molecule has 1 aromatic rings. The maximum atomic E-state index is 6.09. The minimum atomic E-state index is 0.464. The Morgan fingerprint density at radius 2 is 2.31 bits per heavy atom. The van der Waals surface area contributed by atoms with Crippen molar-refractivity contribution < 1.29 is 0 Å². The predicted molar refractivity (Wildman–Crippen MR) is 73.7 cm³/mol. The Hall–Kier alpha value is -0.670. The minimum Gasteiger partial charge on any atom is -0.334 e. The molecule has 1 aromatic carbocycles. The molecule has 4 heteroatoms. The fraction of sp³-hybridized carbons (Fsp3) is 0.417. The minimum absolute atomic E-state index is 0.464. The van der Waals surface area contributed by atoms with Crippen LogP contribution in [-0.4, -0.2) is 17.0 Å². The molecule has 0 saturated carbocycles. The van der Waals surface area contributed by atoms with Gasteiger partial charge >= 0.3 is 0 Å². The smallest absolute Gasteiger partial charge is 0.161 e. The first kappa shape index (κ1) is 11.8. The number of amidine groups is 1. The molecule has 0 spiro atoms. The van der Waals surface area contributed by atoms with Crippen LogP contribution in [0.1, 0.15) is 19.8 Å². The normalized spacial score (nSPS) is 20.4. The van der Waals surface area contributed by atoms with E-state index in [-0.39, 0.29) is 0 Å². The summed E-state index contributed by atoms with van der Waals surface area (Å²) in [5.74, 6) is 1.13. The highest BCUT2D eigenvalue weighted by Crippen LogP contribution is 2.25. The molecule has 1 heterocycles. The number of halogens is 1. The van der Waals surface area contributed by atoms with Crippen LogP contribution in [-0.2, 0) is 0 Å². The van der Waals surface area contributed by atoms with E-state index >= 15 is 0 Å². The summed E-state index contributed by atoms with van der Waals surface area (Å²) in [6, 6.07) is 8.22. The summed E-state index contributed by atoms with van der Waals surface area (Å²) in [4.78, 5) is 4.65. The summed E-state index contributed by atoms with van der Waals surface area (Å²) in [6.45, 7) is 2.18. The van der Waals surface area contributed by atoms with Gasteiger partial charge in [0.2, 0.25) is 0 Å². The van der Waals surface area contributed by atoms with E-state index in [9.17, 15) is 0 Å².